The molecule has 1 saturated heterocycles. The molecule has 0 radical (unpaired) electrons. The molecule has 3 rings (SSSR count). The molecule has 0 atom stereocenters. The minimum atomic E-state index is -0.150. The van der Waals surface area contributed by atoms with Crippen LogP contribution in [0.2, 0.25) is 0 Å². The van der Waals surface area contributed by atoms with E-state index in [0.29, 0.717) is 10.1 Å². The van der Waals surface area contributed by atoms with Gasteiger partial charge >= 0.3 is 0 Å². The van der Waals surface area contributed by atoms with Gasteiger partial charge in [0.1, 0.15) is 12.4 Å². The van der Waals surface area contributed by atoms with Crippen LogP contribution in [0.15, 0.2) is 46.3 Å². The monoisotopic (exact) mass is 600 g/mol. The van der Waals surface area contributed by atoms with Crippen LogP contribution in [0.3, 0.4) is 0 Å². The van der Waals surface area contributed by atoms with Gasteiger partial charge in [-0.25, -0.2) is 4.99 Å². The second-order valence-corrected chi connectivity index (χ2v) is 8.98. The standard InChI is InChI=1S/C20H14I2N2O2S/c1-3-8-26-18-15(21)9-13(10-16(18)22)11-17-19(25)24-20(27-17)23-14-6-4-12(2)5-7-14/h1,4-7,9-11H,8H2,2H3,(H,23,24,25)/b17-11+. The number of nitrogens with one attached hydrogen (secondary N) is 1. The molecule has 1 heterocycles. The fourth-order valence-electron chi connectivity index (χ4n) is 2.28. The second-order valence-electron chi connectivity index (χ2n) is 5.62. The van der Waals surface area contributed by atoms with Crippen molar-refractivity contribution in [2.75, 3.05) is 6.61 Å². The predicted octanol–water partition coefficient (Wildman–Crippen LogP) is 5.11. The molecule has 27 heavy (non-hydrogen) atoms. The van der Waals surface area contributed by atoms with Crippen molar-refractivity contribution >= 4 is 79.8 Å². The summed E-state index contributed by atoms with van der Waals surface area (Å²) < 4.78 is 7.47. The molecule has 0 bridgehead atoms. The van der Waals surface area contributed by atoms with Crippen molar-refractivity contribution in [3.05, 3.63) is 59.6 Å². The van der Waals surface area contributed by atoms with Gasteiger partial charge in [-0.2, -0.15) is 0 Å². The Bertz CT molecular complexity index is 969. The molecule has 1 fully saturated rings. The van der Waals surface area contributed by atoms with Gasteiger partial charge in [-0.05, 0) is 99.8 Å². The molecule has 1 amide bonds. The fourth-order valence-corrected chi connectivity index (χ4v) is 5.25. The molecule has 1 N–H and O–H groups in total. The first-order valence-corrected chi connectivity index (χ1v) is 10.8. The maximum absolute atomic E-state index is 12.3. The van der Waals surface area contributed by atoms with Crippen LogP contribution in [-0.4, -0.2) is 17.7 Å². The fraction of sp³-hybridized carbons (Fsp3) is 0.100. The van der Waals surface area contributed by atoms with E-state index < -0.39 is 0 Å². The van der Waals surface area contributed by atoms with E-state index >= 15 is 0 Å². The van der Waals surface area contributed by atoms with Gasteiger partial charge in [0.05, 0.1) is 17.7 Å². The zero-order valence-electron chi connectivity index (χ0n) is 14.3. The number of aliphatic imine (C=N–C) groups is 1. The summed E-state index contributed by atoms with van der Waals surface area (Å²) in [6, 6.07) is 11.8. The van der Waals surface area contributed by atoms with E-state index in [0.717, 1.165) is 24.1 Å². The number of amidine groups is 1. The Labute approximate surface area is 189 Å². The summed E-state index contributed by atoms with van der Waals surface area (Å²) in [5.74, 6) is 3.08. The number of thioether (sulfide) groups is 1. The first kappa shape index (κ1) is 20.2. The minimum Gasteiger partial charge on any atom is -0.479 e. The number of hydrogen-bond acceptors (Lipinski definition) is 4. The van der Waals surface area contributed by atoms with Gasteiger partial charge in [-0.1, -0.05) is 23.6 Å². The number of ether oxygens (including phenoxy) is 1. The van der Waals surface area contributed by atoms with Crippen LogP contribution in [0, 0.1) is 26.4 Å². The van der Waals surface area contributed by atoms with Crippen molar-refractivity contribution in [3.63, 3.8) is 0 Å². The van der Waals surface area contributed by atoms with E-state index in [4.69, 9.17) is 11.2 Å². The van der Waals surface area contributed by atoms with Crippen molar-refractivity contribution in [2.45, 2.75) is 6.92 Å². The molecule has 1 aliphatic heterocycles. The summed E-state index contributed by atoms with van der Waals surface area (Å²) in [6.45, 7) is 2.25. The van der Waals surface area contributed by atoms with E-state index in [1.54, 1.807) is 0 Å². The SMILES string of the molecule is C#CCOc1c(I)cc(/C=C2/SC(=Nc3ccc(C)cc3)NC2=O)cc1I. The van der Waals surface area contributed by atoms with Crippen LogP contribution in [-0.2, 0) is 4.79 Å². The summed E-state index contributed by atoms with van der Waals surface area (Å²) in [5, 5.41) is 3.39. The molecular weight excluding hydrogens is 586 g/mol. The molecule has 2 aromatic carbocycles. The van der Waals surface area contributed by atoms with Crippen LogP contribution < -0.4 is 10.1 Å². The number of nitrogens with zero attached hydrogens (tertiary/aromatic N) is 1. The molecule has 1 aliphatic rings. The Morgan fingerprint density at radius 3 is 2.56 bits per heavy atom. The molecular formula is C20H14I2N2O2S. The average molecular weight is 600 g/mol. The predicted molar refractivity (Wildman–Crippen MR) is 128 cm³/mol. The Morgan fingerprint density at radius 1 is 1.26 bits per heavy atom. The first-order valence-electron chi connectivity index (χ1n) is 7.88. The molecule has 4 nitrogen and oxygen atoms in total. The highest BCUT2D eigenvalue weighted by Crippen LogP contribution is 2.32. The van der Waals surface area contributed by atoms with Gasteiger partial charge in [0.15, 0.2) is 5.17 Å². The third-order valence-corrected chi connectivity index (χ3v) is 6.05. The van der Waals surface area contributed by atoms with Crippen LogP contribution in [0.5, 0.6) is 5.75 Å². The highest BCUT2D eigenvalue weighted by Gasteiger charge is 2.24. The number of terminal acetylenes is 1. The van der Waals surface area contributed by atoms with Crippen molar-refractivity contribution in [1.82, 2.24) is 5.32 Å². The highest BCUT2D eigenvalue weighted by molar-refractivity contribution is 14.1. The summed E-state index contributed by atoms with van der Waals surface area (Å²) in [6.07, 6.45) is 7.11. The number of halogens is 2. The van der Waals surface area contributed by atoms with Crippen molar-refractivity contribution in [3.8, 4) is 18.1 Å². The molecule has 0 aliphatic carbocycles. The maximum atomic E-state index is 12.3. The molecule has 2 aromatic rings. The normalized spacial score (nSPS) is 16.4. The molecule has 0 spiro atoms. The molecule has 0 aromatic heterocycles. The van der Waals surface area contributed by atoms with Crippen molar-refractivity contribution < 1.29 is 9.53 Å². The first-order chi connectivity index (χ1) is 13.0. The van der Waals surface area contributed by atoms with Gasteiger partial charge in [-0.3, -0.25) is 4.79 Å². The van der Waals surface area contributed by atoms with Crippen molar-refractivity contribution in [2.24, 2.45) is 4.99 Å². The molecule has 0 unspecified atom stereocenters. The largest absolute Gasteiger partial charge is 0.479 e. The van der Waals surface area contributed by atoms with Gasteiger partial charge in [0.25, 0.3) is 5.91 Å². The Balaban J connectivity index is 1.82. The molecule has 7 heteroatoms. The van der Waals surface area contributed by atoms with Crippen molar-refractivity contribution in [1.29, 1.82) is 0 Å². The minimum absolute atomic E-state index is 0.150. The zero-order valence-corrected chi connectivity index (χ0v) is 19.4. The smallest absolute Gasteiger partial charge is 0.264 e. The lowest BCUT2D eigenvalue weighted by molar-refractivity contribution is -0.115. The topological polar surface area (TPSA) is 50.7 Å². The summed E-state index contributed by atoms with van der Waals surface area (Å²) in [4.78, 5) is 17.4. The lowest BCUT2D eigenvalue weighted by Crippen LogP contribution is -2.19. The quantitative estimate of drug-likeness (QED) is 0.302. The maximum Gasteiger partial charge on any atom is 0.264 e. The third-order valence-electron chi connectivity index (χ3n) is 3.53. The third kappa shape index (κ3) is 5.27. The number of hydrogen-bond donors (Lipinski definition) is 1. The van der Waals surface area contributed by atoms with E-state index in [9.17, 15) is 4.79 Å². The number of aryl methyl sites for hydroxylation is 1. The van der Waals surface area contributed by atoms with Gasteiger partial charge in [0, 0.05) is 0 Å². The van der Waals surface area contributed by atoms with E-state index in [-0.39, 0.29) is 12.5 Å². The summed E-state index contributed by atoms with van der Waals surface area (Å²) in [5.41, 5.74) is 2.90. The number of amides is 1. The molecule has 0 saturated carbocycles. The Morgan fingerprint density at radius 2 is 1.93 bits per heavy atom. The lowest BCUT2D eigenvalue weighted by Gasteiger charge is -2.09. The molecule has 136 valence electrons. The summed E-state index contributed by atoms with van der Waals surface area (Å²) >= 11 is 5.74. The van der Waals surface area contributed by atoms with E-state index in [1.165, 1.54) is 17.3 Å². The van der Waals surface area contributed by atoms with Gasteiger partial charge in [-0.15, -0.1) is 6.42 Å². The van der Waals surface area contributed by atoms with E-state index in [2.05, 4.69) is 61.4 Å². The lowest BCUT2D eigenvalue weighted by atomic mass is 10.2. The van der Waals surface area contributed by atoms with E-state index in [1.807, 2.05) is 49.4 Å². The number of rotatable bonds is 4. The Hall–Kier alpha value is -1.51. The second kappa shape index (κ2) is 9.12. The summed E-state index contributed by atoms with van der Waals surface area (Å²) in [7, 11) is 0. The van der Waals surface area contributed by atoms with Crippen LogP contribution in [0.25, 0.3) is 6.08 Å². The average Bonchev–Trinajstić information content (AvgIpc) is 2.95. The van der Waals surface area contributed by atoms with Gasteiger partial charge in [0.2, 0.25) is 0 Å². The van der Waals surface area contributed by atoms with Crippen LogP contribution in [0.4, 0.5) is 5.69 Å². The van der Waals surface area contributed by atoms with Crippen LogP contribution >= 0.6 is 56.9 Å². The van der Waals surface area contributed by atoms with Gasteiger partial charge < -0.3 is 10.1 Å². The number of carbonyl (C=O) groups is 1. The van der Waals surface area contributed by atoms with Crippen LogP contribution in [0.1, 0.15) is 11.1 Å². The number of benzene rings is 2. The zero-order chi connectivity index (χ0) is 19.4. The Kier molecular flexibility index (Phi) is 6.83. The number of carbonyl (C=O) groups excluding carboxylic acids is 1. The highest BCUT2D eigenvalue weighted by atomic mass is 127.